The van der Waals surface area contributed by atoms with Crippen LogP contribution >= 0.6 is 15.9 Å². The highest BCUT2D eigenvalue weighted by atomic mass is 79.9. The minimum atomic E-state index is -2.43. The molecule has 0 spiro atoms. The average Bonchev–Trinajstić information content (AvgIpc) is 2.37. The molecule has 0 aliphatic heterocycles. The van der Waals surface area contributed by atoms with Crippen LogP contribution in [-0.4, -0.2) is 38.4 Å². The van der Waals surface area contributed by atoms with Crippen molar-refractivity contribution in [1.82, 2.24) is 5.32 Å². The molecular weight excluding hydrogens is 324 g/mol. The van der Waals surface area contributed by atoms with Gasteiger partial charge in [0.05, 0.1) is 18.2 Å². The molecule has 1 aromatic rings. The van der Waals surface area contributed by atoms with E-state index in [0.29, 0.717) is 23.3 Å². The van der Waals surface area contributed by atoms with Crippen LogP contribution in [0.15, 0.2) is 16.6 Å². The normalized spacial score (nSPS) is 11.0. The van der Waals surface area contributed by atoms with Crippen molar-refractivity contribution >= 4 is 15.9 Å². The molecule has 0 amide bonds. The number of ether oxygens (including phenoxy) is 2. The van der Waals surface area contributed by atoms with Gasteiger partial charge in [0.1, 0.15) is 6.61 Å². The number of rotatable bonds is 8. The van der Waals surface area contributed by atoms with Crippen molar-refractivity contribution in [3.63, 3.8) is 0 Å². The molecule has 0 radical (unpaired) electrons. The fourth-order valence-electron chi connectivity index (χ4n) is 1.43. The molecule has 0 bridgehead atoms. The predicted octanol–water partition coefficient (Wildman–Crippen LogP) is 2.53. The van der Waals surface area contributed by atoms with Crippen LogP contribution in [0.5, 0.6) is 11.5 Å². The van der Waals surface area contributed by atoms with Gasteiger partial charge in [-0.3, -0.25) is 0 Å². The Labute approximate surface area is 118 Å². The number of nitrogens with one attached hydrogen (secondary N) is 1. The molecule has 19 heavy (non-hydrogen) atoms. The van der Waals surface area contributed by atoms with Crippen LogP contribution in [0.4, 0.5) is 8.78 Å². The molecule has 0 aliphatic carbocycles. The van der Waals surface area contributed by atoms with Crippen molar-refractivity contribution in [2.75, 3.05) is 26.9 Å². The lowest BCUT2D eigenvalue weighted by atomic mass is 10.2. The molecule has 0 saturated heterocycles. The molecule has 1 rings (SSSR count). The molecule has 1 aromatic carbocycles. The van der Waals surface area contributed by atoms with Gasteiger partial charge < -0.3 is 19.9 Å². The first kappa shape index (κ1) is 16.1. The maximum Gasteiger partial charge on any atom is 0.261 e. The zero-order chi connectivity index (χ0) is 14.3. The van der Waals surface area contributed by atoms with E-state index in [4.69, 9.17) is 9.47 Å². The van der Waals surface area contributed by atoms with Crippen LogP contribution in [0.25, 0.3) is 0 Å². The zero-order valence-electron chi connectivity index (χ0n) is 10.5. The highest BCUT2D eigenvalue weighted by molar-refractivity contribution is 9.10. The number of methoxy groups -OCH3 is 1. The van der Waals surface area contributed by atoms with Gasteiger partial charge in [0.2, 0.25) is 0 Å². The smallest absolute Gasteiger partial charge is 0.261 e. The Morgan fingerprint density at radius 2 is 2.16 bits per heavy atom. The molecule has 2 N–H and O–H groups in total. The number of hydrogen-bond donors (Lipinski definition) is 2. The van der Waals surface area contributed by atoms with E-state index >= 15 is 0 Å². The van der Waals surface area contributed by atoms with Crippen molar-refractivity contribution in [3.8, 4) is 11.5 Å². The van der Waals surface area contributed by atoms with E-state index in [2.05, 4.69) is 21.2 Å². The van der Waals surface area contributed by atoms with Crippen LogP contribution < -0.4 is 10.1 Å². The second-order valence-corrected chi connectivity index (χ2v) is 4.63. The van der Waals surface area contributed by atoms with Gasteiger partial charge in [-0.2, -0.15) is 0 Å². The van der Waals surface area contributed by atoms with Crippen LogP contribution in [0.3, 0.4) is 0 Å². The minimum Gasteiger partial charge on any atom is -0.503 e. The second kappa shape index (κ2) is 8.29. The molecule has 108 valence electrons. The third-order valence-corrected chi connectivity index (χ3v) is 2.91. The first-order valence-corrected chi connectivity index (χ1v) is 6.46. The van der Waals surface area contributed by atoms with E-state index < -0.39 is 13.0 Å². The topological polar surface area (TPSA) is 50.7 Å². The summed E-state index contributed by atoms with van der Waals surface area (Å²) in [5.41, 5.74) is 0.899. The van der Waals surface area contributed by atoms with Gasteiger partial charge in [-0.25, -0.2) is 8.78 Å². The van der Waals surface area contributed by atoms with Gasteiger partial charge >= 0.3 is 0 Å². The van der Waals surface area contributed by atoms with E-state index in [1.54, 1.807) is 12.1 Å². The number of halogens is 3. The van der Waals surface area contributed by atoms with Gasteiger partial charge in [-0.15, -0.1) is 0 Å². The summed E-state index contributed by atoms with van der Waals surface area (Å²) in [6.07, 6.45) is -2.43. The molecule has 7 heteroatoms. The van der Waals surface area contributed by atoms with Gasteiger partial charge in [0.25, 0.3) is 6.43 Å². The Morgan fingerprint density at radius 1 is 1.42 bits per heavy atom. The molecule has 0 fully saturated rings. The SMILES string of the molecule is COc1cc(CNCCOCC(F)F)cc(Br)c1O. The molecule has 0 heterocycles. The predicted molar refractivity (Wildman–Crippen MR) is 70.9 cm³/mol. The molecule has 4 nitrogen and oxygen atoms in total. The van der Waals surface area contributed by atoms with Gasteiger partial charge in [-0.1, -0.05) is 0 Å². The molecule has 0 saturated carbocycles. The quantitative estimate of drug-likeness (QED) is 0.714. The Hall–Kier alpha value is -0.920. The summed E-state index contributed by atoms with van der Waals surface area (Å²) in [5.74, 6) is 0.423. The lowest BCUT2D eigenvalue weighted by molar-refractivity contribution is 0.0187. The summed E-state index contributed by atoms with van der Waals surface area (Å²) in [6.45, 7) is 0.668. The van der Waals surface area contributed by atoms with Crippen LogP contribution in [-0.2, 0) is 11.3 Å². The van der Waals surface area contributed by atoms with Gasteiger partial charge in [-0.05, 0) is 33.6 Å². The molecule has 0 unspecified atom stereocenters. The zero-order valence-corrected chi connectivity index (χ0v) is 12.0. The largest absolute Gasteiger partial charge is 0.503 e. The highest BCUT2D eigenvalue weighted by Crippen LogP contribution is 2.35. The monoisotopic (exact) mass is 339 g/mol. The van der Waals surface area contributed by atoms with Crippen molar-refractivity contribution in [1.29, 1.82) is 0 Å². The van der Waals surface area contributed by atoms with Crippen molar-refractivity contribution < 1.29 is 23.4 Å². The lowest BCUT2D eigenvalue weighted by Gasteiger charge is -2.10. The maximum atomic E-state index is 11.8. The van der Waals surface area contributed by atoms with Crippen LogP contribution in [0.1, 0.15) is 5.56 Å². The number of alkyl halides is 2. The first-order chi connectivity index (χ1) is 9.04. The van der Waals surface area contributed by atoms with Crippen LogP contribution in [0.2, 0.25) is 0 Å². The van der Waals surface area contributed by atoms with E-state index in [0.717, 1.165) is 5.56 Å². The molecule has 0 atom stereocenters. The summed E-state index contributed by atoms with van der Waals surface area (Å²) in [5, 5.41) is 12.7. The number of aromatic hydroxyl groups is 1. The van der Waals surface area contributed by atoms with E-state index in [1.165, 1.54) is 7.11 Å². The van der Waals surface area contributed by atoms with Gasteiger partial charge in [0.15, 0.2) is 11.5 Å². The number of benzene rings is 1. The third-order valence-electron chi connectivity index (χ3n) is 2.30. The molecular formula is C12H16BrF2NO3. The minimum absolute atomic E-state index is 0.0477. The second-order valence-electron chi connectivity index (χ2n) is 3.77. The molecule has 0 aliphatic rings. The van der Waals surface area contributed by atoms with Crippen molar-refractivity contribution in [2.45, 2.75) is 13.0 Å². The summed E-state index contributed by atoms with van der Waals surface area (Å²) >= 11 is 3.22. The Bertz CT molecular complexity index is 405. The Morgan fingerprint density at radius 3 is 2.79 bits per heavy atom. The summed E-state index contributed by atoms with van der Waals surface area (Å²) < 4.78 is 33.9. The summed E-state index contributed by atoms with van der Waals surface area (Å²) in [4.78, 5) is 0. The first-order valence-electron chi connectivity index (χ1n) is 5.66. The maximum absolute atomic E-state index is 11.8. The van der Waals surface area contributed by atoms with E-state index in [-0.39, 0.29) is 12.4 Å². The summed E-state index contributed by atoms with van der Waals surface area (Å²) in [7, 11) is 1.47. The van der Waals surface area contributed by atoms with Crippen molar-refractivity contribution in [2.24, 2.45) is 0 Å². The van der Waals surface area contributed by atoms with Gasteiger partial charge in [0, 0.05) is 13.1 Å². The fraction of sp³-hybridized carbons (Fsp3) is 0.500. The standard InChI is InChI=1S/C12H16BrF2NO3/c1-18-10-5-8(4-9(13)12(10)17)6-16-2-3-19-7-11(14)15/h4-5,11,16-17H,2-3,6-7H2,1H3. The van der Waals surface area contributed by atoms with Crippen LogP contribution in [0, 0.1) is 0 Å². The van der Waals surface area contributed by atoms with E-state index in [9.17, 15) is 13.9 Å². The lowest BCUT2D eigenvalue weighted by Crippen LogP contribution is -2.20. The Balaban J connectivity index is 2.35. The number of phenolic OH excluding ortho intramolecular Hbond substituents is 1. The molecule has 0 aromatic heterocycles. The Kier molecular flexibility index (Phi) is 7.04. The third kappa shape index (κ3) is 5.71. The average molecular weight is 340 g/mol. The van der Waals surface area contributed by atoms with Crippen molar-refractivity contribution in [3.05, 3.63) is 22.2 Å². The summed E-state index contributed by atoms with van der Waals surface area (Å²) in [6, 6.07) is 3.46. The number of hydrogen-bond acceptors (Lipinski definition) is 4. The number of phenols is 1. The highest BCUT2D eigenvalue weighted by Gasteiger charge is 2.08. The fourth-order valence-corrected chi connectivity index (χ4v) is 1.92. The van der Waals surface area contributed by atoms with E-state index in [1.807, 2.05) is 0 Å².